The summed E-state index contributed by atoms with van der Waals surface area (Å²) in [4.78, 5) is 36.1. The molecule has 0 radical (unpaired) electrons. The van der Waals surface area contributed by atoms with E-state index < -0.39 is 6.09 Å². The van der Waals surface area contributed by atoms with Gasteiger partial charge in [0.15, 0.2) is 0 Å². The van der Waals surface area contributed by atoms with E-state index in [9.17, 15) is 14.7 Å². The van der Waals surface area contributed by atoms with Crippen LogP contribution in [-0.4, -0.2) is 55.8 Å². The zero-order valence-corrected chi connectivity index (χ0v) is 13.9. The van der Waals surface area contributed by atoms with Crippen LogP contribution in [0.4, 0.5) is 10.7 Å². The molecule has 2 fully saturated rings. The number of hydrogen-bond acceptors (Lipinski definition) is 5. The Hall–Kier alpha value is -2.90. The van der Waals surface area contributed by atoms with Crippen LogP contribution in [0, 0.1) is 0 Å². The zero-order chi connectivity index (χ0) is 17.6. The number of carbonyl (C=O) groups is 1. The van der Waals surface area contributed by atoms with Crippen LogP contribution >= 0.6 is 0 Å². The molecule has 2 bridgehead atoms. The molecule has 0 saturated carbocycles. The Kier molecular flexibility index (Phi) is 3.67. The Labute approximate surface area is 144 Å². The van der Waals surface area contributed by atoms with E-state index in [0.717, 1.165) is 18.4 Å². The van der Waals surface area contributed by atoms with Crippen LogP contribution in [0.2, 0.25) is 0 Å². The Balaban J connectivity index is 1.75. The van der Waals surface area contributed by atoms with Crippen LogP contribution in [0.25, 0.3) is 11.3 Å². The summed E-state index contributed by atoms with van der Waals surface area (Å²) in [6, 6.07) is 5.28. The van der Waals surface area contributed by atoms with Crippen molar-refractivity contribution in [2.24, 2.45) is 7.05 Å². The number of pyridine rings is 1. The van der Waals surface area contributed by atoms with Crippen LogP contribution in [-0.2, 0) is 7.05 Å². The maximum Gasteiger partial charge on any atom is 0.407 e. The molecule has 8 heteroatoms. The highest BCUT2D eigenvalue weighted by molar-refractivity contribution is 5.66. The molecule has 0 aromatic carbocycles. The maximum atomic E-state index is 12.5. The minimum atomic E-state index is -0.885. The van der Waals surface area contributed by atoms with Crippen molar-refractivity contribution in [2.75, 3.05) is 18.0 Å². The molecule has 2 aromatic heterocycles. The van der Waals surface area contributed by atoms with Gasteiger partial charge in [0.05, 0.1) is 17.8 Å². The molecular formula is C17H19N5O3. The Morgan fingerprint density at radius 1 is 1.20 bits per heavy atom. The fraction of sp³-hybridized carbons (Fsp3) is 0.412. The molecule has 2 aromatic rings. The van der Waals surface area contributed by atoms with Crippen molar-refractivity contribution in [3.05, 3.63) is 40.9 Å². The lowest BCUT2D eigenvalue weighted by Crippen LogP contribution is -2.56. The van der Waals surface area contributed by atoms with Crippen LogP contribution < -0.4 is 10.5 Å². The van der Waals surface area contributed by atoms with E-state index in [2.05, 4.69) is 9.88 Å². The molecule has 130 valence electrons. The first kappa shape index (κ1) is 15.6. The number of likely N-dealkylation sites (tertiary alicyclic amines) is 1. The molecule has 25 heavy (non-hydrogen) atoms. The number of piperazine rings is 1. The molecule has 2 saturated heterocycles. The predicted octanol–water partition coefficient (Wildman–Crippen LogP) is 1.17. The molecule has 8 nitrogen and oxygen atoms in total. The van der Waals surface area contributed by atoms with Crippen LogP contribution in [0.3, 0.4) is 0 Å². The van der Waals surface area contributed by atoms with Crippen LogP contribution in [0.15, 0.2) is 35.4 Å². The summed E-state index contributed by atoms with van der Waals surface area (Å²) in [5.41, 5.74) is 1.32. The normalized spacial score (nSPS) is 22.3. The first-order chi connectivity index (χ1) is 12.0. The largest absolute Gasteiger partial charge is 0.465 e. The Morgan fingerprint density at radius 2 is 1.84 bits per heavy atom. The lowest BCUT2D eigenvalue weighted by atomic mass is 10.2. The van der Waals surface area contributed by atoms with Crippen molar-refractivity contribution in [2.45, 2.75) is 24.9 Å². The molecule has 4 rings (SSSR count). The number of hydrogen-bond donors (Lipinski definition) is 1. The lowest BCUT2D eigenvalue weighted by Gasteiger charge is -2.40. The summed E-state index contributed by atoms with van der Waals surface area (Å²) in [7, 11) is 1.71. The summed E-state index contributed by atoms with van der Waals surface area (Å²) in [6.07, 6.45) is 4.27. The summed E-state index contributed by atoms with van der Waals surface area (Å²) < 4.78 is 1.55. The van der Waals surface area contributed by atoms with Gasteiger partial charge < -0.3 is 14.9 Å². The van der Waals surface area contributed by atoms with Gasteiger partial charge in [-0.25, -0.2) is 9.78 Å². The van der Waals surface area contributed by atoms with E-state index >= 15 is 0 Å². The topological polar surface area (TPSA) is 91.6 Å². The van der Waals surface area contributed by atoms with Gasteiger partial charge in [-0.1, -0.05) is 0 Å². The molecule has 1 N–H and O–H groups in total. The van der Waals surface area contributed by atoms with E-state index in [1.165, 1.54) is 11.0 Å². The average Bonchev–Trinajstić information content (AvgIpc) is 2.86. The standard InChI is InChI=1S/C17H19N5O3/c1-20-15(23)8-14(11-4-6-18-7-5-11)19-16(20)22-12-2-3-13(22)10-21(9-12)17(24)25/h4-8,12-13H,2-3,9-10H2,1H3,(H,24,25)/t12-,13+. The minimum absolute atomic E-state index is 0.0561. The van der Waals surface area contributed by atoms with Gasteiger partial charge in [-0.15, -0.1) is 0 Å². The average molecular weight is 341 g/mol. The number of carboxylic acid groups (broad SMARTS) is 1. The van der Waals surface area contributed by atoms with Crippen LogP contribution in [0.5, 0.6) is 0 Å². The van der Waals surface area contributed by atoms with E-state index in [-0.39, 0.29) is 17.6 Å². The number of anilines is 1. The van der Waals surface area contributed by atoms with E-state index in [1.54, 1.807) is 24.0 Å². The first-order valence-corrected chi connectivity index (χ1v) is 8.29. The van der Waals surface area contributed by atoms with Gasteiger partial charge in [-0.2, -0.15) is 0 Å². The molecule has 0 aliphatic carbocycles. The highest BCUT2D eigenvalue weighted by Gasteiger charge is 2.43. The maximum absolute atomic E-state index is 12.5. The monoisotopic (exact) mass is 341 g/mol. The third-order valence-corrected chi connectivity index (χ3v) is 5.07. The summed E-state index contributed by atoms with van der Waals surface area (Å²) >= 11 is 0. The van der Waals surface area contributed by atoms with Gasteiger partial charge in [0, 0.05) is 44.2 Å². The molecule has 0 unspecified atom stereocenters. The quantitative estimate of drug-likeness (QED) is 0.882. The van der Waals surface area contributed by atoms with Gasteiger partial charge in [0.25, 0.3) is 5.56 Å². The molecular weight excluding hydrogens is 322 g/mol. The Morgan fingerprint density at radius 3 is 2.44 bits per heavy atom. The van der Waals surface area contributed by atoms with Gasteiger partial charge in [0.2, 0.25) is 5.95 Å². The predicted molar refractivity (Wildman–Crippen MR) is 91.6 cm³/mol. The second-order valence-electron chi connectivity index (χ2n) is 6.55. The number of aromatic nitrogens is 3. The highest BCUT2D eigenvalue weighted by atomic mass is 16.4. The molecule has 4 heterocycles. The minimum Gasteiger partial charge on any atom is -0.465 e. The van der Waals surface area contributed by atoms with Crippen molar-refractivity contribution in [3.8, 4) is 11.3 Å². The lowest BCUT2D eigenvalue weighted by molar-refractivity contribution is 0.133. The van der Waals surface area contributed by atoms with Gasteiger partial charge >= 0.3 is 6.09 Å². The molecule has 2 atom stereocenters. The molecule has 2 aliphatic heterocycles. The number of rotatable bonds is 2. The third-order valence-electron chi connectivity index (χ3n) is 5.07. The second kappa shape index (κ2) is 5.87. The Bertz CT molecular complexity index is 852. The SMILES string of the molecule is Cn1c(N2[C@@H]3CC[C@H]2CN(C(=O)O)C3)nc(-c2ccncc2)cc1=O. The van der Waals surface area contributed by atoms with Crippen LogP contribution in [0.1, 0.15) is 12.8 Å². The van der Waals surface area contributed by atoms with Crippen molar-refractivity contribution in [3.63, 3.8) is 0 Å². The summed E-state index contributed by atoms with van der Waals surface area (Å²) in [5.74, 6) is 0.608. The fourth-order valence-corrected chi connectivity index (χ4v) is 3.81. The highest BCUT2D eigenvalue weighted by Crippen LogP contribution is 2.34. The number of fused-ring (bicyclic) bond motifs is 2. The fourth-order valence-electron chi connectivity index (χ4n) is 3.81. The smallest absolute Gasteiger partial charge is 0.407 e. The molecule has 1 amide bonds. The first-order valence-electron chi connectivity index (χ1n) is 8.29. The van der Waals surface area contributed by atoms with Gasteiger partial charge in [-0.3, -0.25) is 14.3 Å². The van der Waals surface area contributed by atoms with E-state index in [0.29, 0.717) is 24.7 Å². The van der Waals surface area contributed by atoms with Gasteiger partial charge in [0.1, 0.15) is 0 Å². The summed E-state index contributed by atoms with van der Waals surface area (Å²) in [6.45, 7) is 0.891. The van der Waals surface area contributed by atoms with Crippen molar-refractivity contribution < 1.29 is 9.90 Å². The van der Waals surface area contributed by atoms with Gasteiger partial charge in [-0.05, 0) is 25.0 Å². The van der Waals surface area contributed by atoms with Crippen molar-refractivity contribution in [1.29, 1.82) is 0 Å². The molecule has 0 spiro atoms. The summed E-state index contributed by atoms with van der Waals surface area (Å²) in [5, 5.41) is 9.28. The number of nitrogens with zero attached hydrogens (tertiary/aromatic N) is 5. The zero-order valence-electron chi connectivity index (χ0n) is 13.9. The third kappa shape index (κ3) is 2.63. The van der Waals surface area contributed by atoms with E-state index in [4.69, 9.17) is 4.98 Å². The van der Waals surface area contributed by atoms with Crippen molar-refractivity contribution >= 4 is 12.0 Å². The number of amides is 1. The molecule has 2 aliphatic rings. The van der Waals surface area contributed by atoms with E-state index in [1.807, 2.05) is 12.1 Å². The van der Waals surface area contributed by atoms with Crippen molar-refractivity contribution in [1.82, 2.24) is 19.4 Å². The second-order valence-corrected chi connectivity index (χ2v) is 6.55.